The van der Waals surface area contributed by atoms with E-state index in [1.54, 1.807) is 0 Å². The molecule has 0 radical (unpaired) electrons. The van der Waals surface area contributed by atoms with Crippen molar-refractivity contribution >= 4 is 5.69 Å². The Bertz CT molecular complexity index is 379. The topological polar surface area (TPSA) is 35.8 Å². The van der Waals surface area contributed by atoms with Gasteiger partial charge in [0.2, 0.25) is 0 Å². The molecule has 5 heteroatoms. The standard InChI is InChI=1S/C10H9F3N2/c1-7(6-14)15-9-5-3-2-4-8(9)10(11,12)13/h2-5,7,15H,1H3. The lowest BCUT2D eigenvalue weighted by atomic mass is 10.1. The fourth-order valence-electron chi connectivity index (χ4n) is 1.12. The number of nitrogens with zero attached hydrogens (tertiary/aromatic N) is 1. The second-order valence-corrected chi connectivity index (χ2v) is 3.04. The first-order chi connectivity index (χ1) is 6.95. The number of hydrogen-bond donors (Lipinski definition) is 1. The summed E-state index contributed by atoms with van der Waals surface area (Å²) in [6, 6.07) is 6.23. The highest BCUT2D eigenvalue weighted by molar-refractivity contribution is 5.53. The number of anilines is 1. The number of para-hydroxylation sites is 1. The average molecular weight is 214 g/mol. The first-order valence-corrected chi connectivity index (χ1v) is 4.27. The summed E-state index contributed by atoms with van der Waals surface area (Å²) < 4.78 is 37.4. The molecular formula is C10H9F3N2. The monoisotopic (exact) mass is 214 g/mol. The van der Waals surface area contributed by atoms with E-state index < -0.39 is 17.8 Å². The van der Waals surface area contributed by atoms with Crippen LogP contribution in [0.1, 0.15) is 12.5 Å². The fourth-order valence-corrected chi connectivity index (χ4v) is 1.12. The molecule has 0 bridgehead atoms. The van der Waals surface area contributed by atoms with Crippen LogP contribution in [0.5, 0.6) is 0 Å². The Morgan fingerprint density at radius 1 is 1.33 bits per heavy atom. The van der Waals surface area contributed by atoms with Crippen LogP contribution >= 0.6 is 0 Å². The molecule has 0 aliphatic heterocycles. The summed E-state index contributed by atoms with van der Waals surface area (Å²) >= 11 is 0. The van der Waals surface area contributed by atoms with E-state index in [1.165, 1.54) is 25.1 Å². The van der Waals surface area contributed by atoms with Gasteiger partial charge < -0.3 is 5.32 Å². The Morgan fingerprint density at radius 2 is 1.93 bits per heavy atom. The van der Waals surface area contributed by atoms with Crippen LogP contribution in [0.4, 0.5) is 18.9 Å². The molecule has 80 valence electrons. The summed E-state index contributed by atoms with van der Waals surface area (Å²) in [5, 5.41) is 11.0. The molecule has 1 rings (SSSR count). The smallest absolute Gasteiger partial charge is 0.370 e. The van der Waals surface area contributed by atoms with E-state index in [0.29, 0.717) is 0 Å². The minimum atomic E-state index is -4.40. The second kappa shape index (κ2) is 4.22. The summed E-state index contributed by atoms with van der Waals surface area (Å²) in [6.45, 7) is 1.49. The highest BCUT2D eigenvalue weighted by Crippen LogP contribution is 2.34. The zero-order valence-corrected chi connectivity index (χ0v) is 7.97. The maximum Gasteiger partial charge on any atom is 0.418 e. The molecule has 2 nitrogen and oxygen atoms in total. The highest BCUT2D eigenvalue weighted by atomic mass is 19.4. The zero-order chi connectivity index (χ0) is 11.5. The lowest BCUT2D eigenvalue weighted by Gasteiger charge is -2.15. The average Bonchev–Trinajstić information content (AvgIpc) is 2.17. The molecule has 0 aliphatic rings. The third kappa shape index (κ3) is 2.88. The van der Waals surface area contributed by atoms with Gasteiger partial charge in [0.25, 0.3) is 0 Å². The van der Waals surface area contributed by atoms with Gasteiger partial charge in [-0.15, -0.1) is 0 Å². The molecule has 0 fully saturated rings. The van der Waals surface area contributed by atoms with Gasteiger partial charge in [0.1, 0.15) is 6.04 Å². The number of nitrogens with one attached hydrogen (secondary N) is 1. The summed E-state index contributed by atoms with van der Waals surface area (Å²) in [5.41, 5.74) is -0.828. The van der Waals surface area contributed by atoms with E-state index >= 15 is 0 Å². The van der Waals surface area contributed by atoms with Gasteiger partial charge in [-0.2, -0.15) is 18.4 Å². The second-order valence-electron chi connectivity index (χ2n) is 3.04. The van der Waals surface area contributed by atoms with Gasteiger partial charge >= 0.3 is 6.18 Å². The van der Waals surface area contributed by atoms with Gasteiger partial charge in [-0.25, -0.2) is 0 Å². The minimum Gasteiger partial charge on any atom is -0.370 e. The molecule has 0 aromatic heterocycles. The lowest BCUT2D eigenvalue weighted by molar-refractivity contribution is -0.136. The van der Waals surface area contributed by atoms with E-state index in [-0.39, 0.29) is 5.69 Å². The van der Waals surface area contributed by atoms with E-state index in [1.807, 2.05) is 6.07 Å². The molecular weight excluding hydrogens is 205 g/mol. The van der Waals surface area contributed by atoms with Crippen LogP contribution in [0.2, 0.25) is 0 Å². The maximum atomic E-state index is 12.5. The number of benzene rings is 1. The Labute approximate surface area is 85.3 Å². The fraction of sp³-hybridized carbons (Fsp3) is 0.300. The number of alkyl halides is 3. The predicted molar refractivity (Wildman–Crippen MR) is 50.1 cm³/mol. The summed E-state index contributed by atoms with van der Waals surface area (Å²) in [7, 11) is 0. The van der Waals surface area contributed by atoms with Crippen LogP contribution in [0.3, 0.4) is 0 Å². The number of nitriles is 1. The molecule has 1 unspecified atom stereocenters. The third-order valence-electron chi connectivity index (χ3n) is 1.80. The molecule has 0 spiro atoms. The van der Waals surface area contributed by atoms with E-state index in [2.05, 4.69) is 5.32 Å². The molecule has 1 atom stereocenters. The quantitative estimate of drug-likeness (QED) is 0.821. The molecule has 0 aliphatic carbocycles. The largest absolute Gasteiger partial charge is 0.418 e. The Balaban J connectivity index is 3.03. The molecule has 1 N–H and O–H groups in total. The van der Waals surface area contributed by atoms with Gasteiger partial charge in [0.05, 0.1) is 11.6 Å². The van der Waals surface area contributed by atoms with Crippen molar-refractivity contribution in [3.05, 3.63) is 29.8 Å². The normalized spacial score (nSPS) is 13.0. The molecule has 1 aromatic rings. The van der Waals surface area contributed by atoms with Crippen molar-refractivity contribution in [3.8, 4) is 6.07 Å². The molecule has 0 amide bonds. The SMILES string of the molecule is CC(C#N)Nc1ccccc1C(F)(F)F. The van der Waals surface area contributed by atoms with E-state index in [9.17, 15) is 13.2 Å². The third-order valence-corrected chi connectivity index (χ3v) is 1.80. The van der Waals surface area contributed by atoms with E-state index in [4.69, 9.17) is 5.26 Å². The van der Waals surface area contributed by atoms with Crippen molar-refractivity contribution in [2.75, 3.05) is 5.32 Å². The van der Waals surface area contributed by atoms with Crippen molar-refractivity contribution in [2.24, 2.45) is 0 Å². The first-order valence-electron chi connectivity index (χ1n) is 4.27. The molecule has 1 aromatic carbocycles. The van der Waals surface area contributed by atoms with Crippen LogP contribution in [-0.2, 0) is 6.18 Å². The number of halogens is 3. The van der Waals surface area contributed by atoms with Gasteiger partial charge in [0, 0.05) is 5.69 Å². The van der Waals surface area contributed by atoms with Crippen molar-refractivity contribution in [2.45, 2.75) is 19.1 Å². The van der Waals surface area contributed by atoms with Crippen LogP contribution < -0.4 is 5.32 Å². The Kier molecular flexibility index (Phi) is 3.20. The Morgan fingerprint density at radius 3 is 2.47 bits per heavy atom. The van der Waals surface area contributed by atoms with Crippen molar-refractivity contribution < 1.29 is 13.2 Å². The minimum absolute atomic E-state index is 0.0703. The van der Waals surface area contributed by atoms with Crippen LogP contribution in [0.25, 0.3) is 0 Å². The van der Waals surface area contributed by atoms with Crippen LogP contribution in [-0.4, -0.2) is 6.04 Å². The van der Waals surface area contributed by atoms with Crippen LogP contribution in [0, 0.1) is 11.3 Å². The summed E-state index contributed by atoms with van der Waals surface area (Å²) in [6.07, 6.45) is -4.40. The predicted octanol–water partition coefficient (Wildman–Crippen LogP) is 3.03. The molecule has 0 heterocycles. The van der Waals surface area contributed by atoms with Gasteiger partial charge in [-0.1, -0.05) is 12.1 Å². The molecule has 0 saturated heterocycles. The first kappa shape index (κ1) is 11.4. The number of rotatable bonds is 2. The van der Waals surface area contributed by atoms with Gasteiger partial charge in [-0.3, -0.25) is 0 Å². The summed E-state index contributed by atoms with van der Waals surface area (Å²) in [4.78, 5) is 0. The van der Waals surface area contributed by atoms with Crippen LogP contribution in [0.15, 0.2) is 24.3 Å². The lowest BCUT2D eigenvalue weighted by Crippen LogP contribution is -2.16. The van der Waals surface area contributed by atoms with E-state index in [0.717, 1.165) is 6.07 Å². The van der Waals surface area contributed by atoms with Crippen molar-refractivity contribution in [1.82, 2.24) is 0 Å². The highest BCUT2D eigenvalue weighted by Gasteiger charge is 2.33. The van der Waals surface area contributed by atoms with Crippen molar-refractivity contribution in [1.29, 1.82) is 5.26 Å². The van der Waals surface area contributed by atoms with Gasteiger partial charge in [-0.05, 0) is 19.1 Å². The zero-order valence-electron chi connectivity index (χ0n) is 7.97. The number of hydrogen-bond acceptors (Lipinski definition) is 2. The molecule has 15 heavy (non-hydrogen) atoms. The Hall–Kier alpha value is -1.70. The maximum absolute atomic E-state index is 12.5. The summed E-state index contributed by atoms with van der Waals surface area (Å²) in [5.74, 6) is 0. The molecule has 0 saturated carbocycles. The van der Waals surface area contributed by atoms with Gasteiger partial charge in [0.15, 0.2) is 0 Å². The van der Waals surface area contributed by atoms with Crippen molar-refractivity contribution in [3.63, 3.8) is 0 Å².